The zero-order chi connectivity index (χ0) is 9.14. The molecule has 0 saturated carbocycles. The molecule has 1 aromatic heterocycles. The van der Waals surface area contributed by atoms with Gasteiger partial charge < -0.3 is 0 Å². The molecule has 0 atom stereocenters. The average Bonchev–Trinajstić information content (AvgIpc) is 1.96. The van der Waals surface area contributed by atoms with Crippen molar-refractivity contribution in [2.45, 2.75) is 13.5 Å². The second kappa shape index (κ2) is 3.21. The standard InChI is InChI=1S/C8H10N2O2/c1-6(2)5-10-8(12)4-3-7(11)9-10/h3-4H,1,5H2,2H3,(H,9,11). The zero-order valence-corrected chi connectivity index (χ0v) is 6.83. The van der Waals surface area contributed by atoms with Crippen LogP contribution in [0.5, 0.6) is 0 Å². The van der Waals surface area contributed by atoms with Crippen LogP contribution in [0.15, 0.2) is 33.9 Å². The number of H-pyrrole nitrogens is 1. The van der Waals surface area contributed by atoms with Gasteiger partial charge in [0.2, 0.25) is 0 Å². The summed E-state index contributed by atoms with van der Waals surface area (Å²) >= 11 is 0. The van der Waals surface area contributed by atoms with Crippen molar-refractivity contribution in [3.05, 3.63) is 45.0 Å². The van der Waals surface area contributed by atoms with E-state index in [2.05, 4.69) is 11.7 Å². The molecule has 12 heavy (non-hydrogen) atoms. The topological polar surface area (TPSA) is 54.9 Å². The molecule has 1 rings (SSSR count). The first-order chi connectivity index (χ1) is 5.59. The van der Waals surface area contributed by atoms with Crippen LogP contribution in [0.1, 0.15) is 6.92 Å². The fraction of sp³-hybridized carbons (Fsp3) is 0.250. The van der Waals surface area contributed by atoms with Crippen LogP contribution >= 0.6 is 0 Å². The fourth-order valence-corrected chi connectivity index (χ4v) is 0.850. The zero-order valence-electron chi connectivity index (χ0n) is 6.83. The normalized spacial score (nSPS) is 9.75. The molecule has 64 valence electrons. The Hall–Kier alpha value is -1.58. The van der Waals surface area contributed by atoms with Crippen molar-refractivity contribution in [2.24, 2.45) is 0 Å². The first-order valence-electron chi connectivity index (χ1n) is 3.54. The van der Waals surface area contributed by atoms with Gasteiger partial charge in [-0.3, -0.25) is 14.7 Å². The lowest BCUT2D eigenvalue weighted by molar-refractivity contribution is 0.621. The van der Waals surface area contributed by atoms with Gasteiger partial charge in [0, 0.05) is 12.1 Å². The molecule has 0 unspecified atom stereocenters. The molecule has 0 spiro atoms. The summed E-state index contributed by atoms with van der Waals surface area (Å²) in [6, 6.07) is 2.44. The first-order valence-corrected chi connectivity index (χ1v) is 3.54. The van der Waals surface area contributed by atoms with E-state index in [1.165, 1.54) is 16.8 Å². The summed E-state index contributed by atoms with van der Waals surface area (Å²) in [6.45, 7) is 5.78. The Morgan fingerprint density at radius 1 is 1.58 bits per heavy atom. The maximum atomic E-state index is 11.1. The Bertz CT molecular complexity index is 400. The first kappa shape index (κ1) is 8.52. The number of rotatable bonds is 2. The molecule has 1 heterocycles. The number of hydrogen-bond donors (Lipinski definition) is 1. The molecule has 1 aromatic rings. The van der Waals surface area contributed by atoms with Crippen LogP contribution in [0.3, 0.4) is 0 Å². The van der Waals surface area contributed by atoms with E-state index in [0.717, 1.165) is 5.57 Å². The number of nitrogens with one attached hydrogen (secondary N) is 1. The van der Waals surface area contributed by atoms with Gasteiger partial charge in [-0.25, -0.2) is 4.68 Å². The van der Waals surface area contributed by atoms with Gasteiger partial charge in [-0.05, 0) is 6.92 Å². The second-order valence-corrected chi connectivity index (χ2v) is 2.69. The number of allylic oxidation sites excluding steroid dienone is 1. The quantitative estimate of drug-likeness (QED) is 0.634. The molecule has 0 bridgehead atoms. The number of aromatic amines is 1. The minimum atomic E-state index is -0.282. The van der Waals surface area contributed by atoms with Gasteiger partial charge in [0.15, 0.2) is 0 Å². The SMILES string of the molecule is C=C(C)Cn1[nH]c(=O)ccc1=O. The number of nitrogens with zero attached hydrogens (tertiary/aromatic N) is 1. The highest BCUT2D eigenvalue weighted by molar-refractivity contribution is 4.92. The van der Waals surface area contributed by atoms with Crippen LogP contribution in [0.4, 0.5) is 0 Å². The maximum absolute atomic E-state index is 11.1. The van der Waals surface area contributed by atoms with E-state index in [1.807, 2.05) is 0 Å². The van der Waals surface area contributed by atoms with Crippen LogP contribution in [0, 0.1) is 0 Å². The summed E-state index contributed by atoms with van der Waals surface area (Å²) in [7, 11) is 0. The molecule has 0 aromatic carbocycles. The third-order valence-electron chi connectivity index (χ3n) is 1.32. The van der Waals surface area contributed by atoms with Crippen molar-refractivity contribution in [1.29, 1.82) is 0 Å². The van der Waals surface area contributed by atoms with Crippen molar-refractivity contribution in [3.8, 4) is 0 Å². The highest BCUT2D eigenvalue weighted by atomic mass is 16.1. The molecule has 4 heteroatoms. The minimum Gasteiger partial charge on any atom is -0.268 e. The highest BCUT2D eigenvalue weighted by Crippen LogP contribution is 1.87. The smallest absolute Gasteiger partial charge is 0.265 e. The maximum Gasteiger partial charge on any atom is 0.265 e. The van der Waals surface area contributed by atoms with Crippen molar-refractivity contribution in [3.63, 3.8) is 0 Å². The number of hydrogen-bond acceptors (Lipinski definition) is 2. The fourth-order valence-electron chi connectivity index (χ4n) is 0.850. The van der Waals surface area contributed by atoms with Crippen molar-refractivity contribution >= 4 is 0 Å². The van der Waals surface area contributed by atoms with E-state index < -0.39 is 0 Å². The summed E-state index contributed by atoms with van der Waals surface area (Å²) < 4.78 is 1.23. The Labute approximate surface area is 69.1 Å². The Morgan fingerprint density at radius 3 is 2.83 bits per heavy atom. The predicted octanol–water partition coefficient (Wildman–Crippen LogP) is 0.113. The second-order valence-electron chi connectivity index (χ2n) is 2.69. The van der Waals surface area contributed by atoms with E-state index in [0.29, 0.717) is 6.54 Å². The van der Waals surface area contributed by atoms with Gasteiger partial charge in [-0.15, -0.1) is 0 Å². The molecule has 0 aliphatic heterocycles. The minimum absolute atomic E-state index is 0.224. The Morgan fingerprint density at radius 2 is 2.25 bits per heavy atom. The Balaban J connectivity index is 3.14. The lowest BCUT2D eigenvalue weighted by Crippen LogP contribution is -2.28. The third-order valence-corrected chi connectivity index (χ3v) is 1.32. The van der Waals surface area contributed by atoms with E-state index >= 15 is 0 Å². The van der Waals surface area contributed by atoms with Crippen molar-refractivity contribution < 1.29 is 0 Å². The third kappa shape index (κ3) is 1.95. The molecule has 1 N–H and O–H groups in total. The van der Waals surface area contributed by atoms with Crippen LogP contribution in [-0.4, -0.2) is 9.78 Å². The molecule has 0 amide bonds. The summed E-state index contributed by atoms with van der Waals surface area (Å²) in [6.07, 6.45) is 0. The van der Waals surface area contributed by atoms with E-state index in [1.54, 1.807) is 6.92 Å². The monoisotopic (exact) mass is 166 g/mol. The van der Waals surface area contributed by atoms with Gasteiger partial charge in [-0.2, -0.15) is 0 Å². The molecular weight excluding hydrogens is 156 g/mol. The molecule has 0 saturated heterocycles. The van der Waals surface area contributed by atoms with Crippen LogP contribution < -0.4 is 11.1 Å². The summed E-state index contributed by atoms with van der Waals surface area (Å²) in [5, 5.41) is 2.39. The molecular formula is C8H10N2O2. The van der Waals surface area contributed by atoms with Crippen molar-refractivity contribution in [2.75, 3.05) is 0 Å². The predicted molar refractivity (Wildman–Crippen MR) is 46.1 cm³/mol. The lowest BCUT2D eigenvalue weighted by atomic mass is 10.3. The Kier molecular flexibility index (Phi) is 2.28. The summed E-state index contributed by atoms with van der Waals surface area (Å²) in [4.78, 5) is 21.8. The molecule has 0 aliphatic rings. The largest absolute Gasteiger partial charge is 0.268 e. The number of aromatic nitrogens is 2. The van der Waals surface area contributed by atoms with Gasteiger partial charge in [-0.1, -0.05) is 12.2 Å². The molecule has 0 radical (unpaired) electrons. The molecule has 4 nitrogen and oxygen atoms in total. The molecule has 0 fully saturated rings. The average molecular weight is 166 g/mol. The van der Waals surface area contributed by atoms with Gasteiger partial charge in [0.1, 0.15) is 0 Å². The van der Waals surface area contributed by atoms with E-state index in [-0.39, 0.29) is 11.1 Å². The summed E-state index contributed by atoms with van der Waals surface area (Å²) in [5.74, 6) is 0. The van der Waals surface area contributed by atoms with Crippen LogP contribution in [0.25, 0.3) is 0 Å². The van der Waals surface area contributed by atoms with Gasteiger partial charge in [0.05, 0.1) is 6.54 Å². The van der Waals surface area contributed by atoms with Crippen LogP contribution in [-0.2, 0) is 6.54 Å². The van der Waals surface area contributed by atoms with E-state index in [9.17, 15) is 9.59 Å². The molecule has 0 aliphatic carbocycles. The summed E-state index contributed by atoms with van der Waals surface area (Å²) in [5.41, 5.74) is 0.312. The van der Waals surface area contributed by atoms with Gasteiger partial charge >= 0.3 is 0 Å². The lowest BCUT2D eigenvalue weighted by Gasteiger charge is -2.02. The highest BCUT2D eigenvalue weighted by Gasteiger charge is 1.94. The van der Waals surface area contributed by atoms with Gasteiger partial charge in [0.25, 0.3) is 11.1 Å². The van der Waals surface area contributed by atoms with Crippen molar-refractivity contribution in [1.82, 2.24) is 9.78 Å². The van der Waals surface area contributed by atoms with Crippen LogP contribution in [0.2, 0.25) is 0 Å². The van der Waals surface area contributed by atoms with E-state index in [4.69, 9.17) is 0 Å².